The maximum atomic E-state index is 12.6. The van der Waals surface area contributed by atoms with Gasteiger partial charge in [0.25, 0.3) is 5.91 Å². The number of carbonyl (C=O) groups is 1. The second-order valence-electron chi connectivity index (χ2n) is 8.01. The highest BCUT2D eigenvalue weighted by Gasteiger charge is 2.25. The predicted octanol–water partition coefficient (Wildman–Crippen LogP) is 3.13. The average molecular weight is 476 g/mol. The molecule has 6 nitrogen and oxygen atoms in total. The SMILES string of the molecule is CCS(=O)(=O)N1CCN(Cc2cccc(C(=O)NCCSCc3ccccc3C)c2)CC1. The molecular formula is C24H33N3O3S2. The smallest absolute Gasteiger partial charge is 0.251 e. The number of aryl methyl sites for hydroxylation is 1. The first kappa shape index (κ1) is 24.8. The number of sulfonamides is 1. The van der Waals surface area contributed by atoms with Crippen LogP contribution >= 0.6 is 11.8 Å². The molecule has 0 bridgehead atoms. The Morgan fingerprint density at radius 1 is 1.06 bits per heavy atom. The van der Waals surface area contributed by atoms with Crippen molar-refractivity contribution in [3.05, 3.63) is 70.8 Å². The van der Waals surface area contributed by atoms with Crippen molar-refractivity contribution in [2.75, 3.05) is 44.2 Å². The van der Waals surface area contributed by atoms with Gasteiger partial charge < -0.3 is 5.32 Å². The third kappa shape index (κ3) is 7.07. The van der Waals surface area contributed by atoms with Gasteiger partial charge in [0.15, 0.2) is 0 Å². The lowest BCUT2D eigenvalue weighted by Crippen LogP contribution is -2.48. The first-order chi connectivity index (χ1) is 15.4. The fraction of sp³-hybridized carbons (Fsp3) is 0.458. The van der Waals surface area contributed by atoms with Gasteiger partial charge in [0.2, 0.25) is 10.0 Å². The maximum absolute atomic E-state index is 12.6. The van der Waals surface area contributed by atoms with Crippen molar-refractivity contribution >= 4 is 27.7 Å². The average Bonchev–Trinajstić information content (AvgIpc) is 2.80. The lowest BCUT2D eigenvalue weighted by atomic mass is 10.1. The summed E-state index contributed by atoms with van der Waals surface area (Å²) in [4.78, 5) is 14.8. The Kier molecular flexibility index (Phi) is 9.16. The van der Waals surface area contributed by atoms with E-state index in [2.05, 4.69) is 41.4 Å². The van der Waals surface area contributed by atoms with Crippen molar-refractivity contribution in [2.24, 2.45) is 0 Å². The number of nitrogens with zero attached hydrogens (tertiary/aromatic N) is 2. The molecule has 1 aliphatic heterocycles. The zero-order valence-corrected chi connectivity index (χ0v) is 20.6. The van der Waals surface area contributed by atoms with E-state index < -0.39 is 10.0 Å². The van der Waals surface area contributed by atoms with Crippen molar-refractivity contribution in [3.63, 3.8) is 0 Å². The van der Waals surface area contributed by atoms with E-state index in [9.17, 15) is 13.2 Å². The molecule has 1 heterocycles. The Bertz CT molecular complexity index is 1000. The van der Waals surface area contributed by atoms with Crippen LogP contribution in [-0.4, -0.2) is 67.8 Å². The van der Waals surface area contributed by atoms with Crippen molar-refractivity contribution in [3.8, 4) is 0 Å². The van der Waals surface area contributed by atoms with E-state index >= 15 is 0 Å². The quantitative estimate of drug-likeness (QED) is 0.535. The summed E-state index contributed by atoms with van der Waals surface area (Å²) in [6, 6.07) is 16.1. The minimum absolute atomic E-state index is 0.0535. The van der Waals surface area contributed by atoms with Crippen LogP contribution in [0.3, 0.4) is 0 Å². The third-order valence-electron chi connectivity index (χ3n) is 5.74. The molecule has 32 heavy (non-hydrogen) atoms. The molecule has 3 rings (SSSR count). The Balaban J connectivity index is 1.42. The number of hydrogen-bond donors (Lipinski definition) is 1. The van der Waals surface area contributed by atoms with Gasteiger partial charge in [-0.25, -0.2) is 8.42 Å². The normalized spacial score (nSPS) is 15.6. The number of thioether (sulfide) groups is 1. The number of piperazine rings is 1. The molecule has 0 unspecified atom stereocenters. The van der Waals surface area contributed by atoms with Crippen LogP contribution in [0.5, 0.6) is 0 Å². The molecule has 0 atom stereocenters. The predicted molar refractivity (Wildman–Crippen MR) is 132 cm³/mol. The fourth-order valence-corrected chi connectivity index (χ4v) is 5.73. The summed E-state index contributed by atoms with van der Waals surface area (Å²) < 4.78 is 25.6. The zero-order chi connectivity index (χ0) is 23.0. The van der Waals surface area contributed by atoms with Gasteiger partial charge in [0, 0.05) is 56.3 Å². The van der Waals surface area contributed by atoms with Crippen molar-refractivity contribution in [1.29, 1.82) is 0 Å². The van der Waals surface area contributed by atoms with Crippen LogP contribution in [0, 0.1) is 6.92 Å². The van der Waals surface area contributed by atoms with Crippen LogP contribution < -0.4 is 5.32 Å². The molecule has 0 saturated carbocycles. The molecule has 8 heteroatoms. The monoisotopic (exact) mass is 475 g/mol. The van der Waals surface area contributed by atoms with E-state index in [1.165, 1.54) is 11.1 Å². The topological polar surface area (TPSA) is 69.7 Å². The lowest BCUT2D eigenvalue weighted by Gasteiger charge is -2.33. The standard InChI is InChI=1S/C24H33N3O3S2/c1-3-32(29,30)27-14-12-26(13-15-27)18-21-8-6-10-22(17-21)24(28)25-11-16-31-19-23-9-5-4-7-20(23)2/h4-10,17H,3,11-16,18-19H2,1-2H3,(H,25,28). The fourth-order valence-electron chi connectivity index (χ4n) is 3.71. The van der Waals surface area contributed by atoms with Crippen molar-refractivity contribution in [1.82, 2.24) is 14.5 Å². The van der Waals surface area contributed by atoms with Gasteiger partial charge in [-0.3, -0.25) is 9.69 Å². The summed E-state index contributed by atoms with van der Waals surface area (Å²) in [5.41, 5.74) is 4.37. The second-order valence-corrected chi connectivity index (χ2v) is 11.4. The highest BCUT2D eigenvalue weighted by Crippen LogP contribution is 2.16. The number of nitrogens with one attached hydrogen (secondary N) is 1. The Labute approximate surface area is 196 Å². The summed E-state index contributed by atoms with van der Waals surface area (Å²) in [6.07, 6.45) is 0. The molecule has 1 aliphatic rings. The largest absolute Gasteiger partial charge is 0.351 e. The van der Waals surface area contributed by atoms with E-state index in [0.717, 1.165) is 17.1 Å². The highest BCUT2D eigenvalue weighted by atomic mass is 32.2. The molecular weight excluding hydrogens is 442 g/mol. The first-order valence-corrected chi connectivity index (χ1v) is 13.8. The second kappa shape index (κ2) is 11.8. The number of amides is 1. The van der Waals surface area contributed by atoms with E-state index in [1.54, 1.807) is 11.2 Å². The van der Waals surface area contributed by atoms with Gasteiger partial charge in [-0.2, -0.15) is 16.1 Å². The summed E-state index contributed by atoms with van der Waals surface area (Å²) in [6.45, 7) is 7.61. The van der Waals surface area contributed by atoms with Gasteiger partial charge in [-0.15, -0.1) is 0 Å². The molecule has 1 amide bonds. The summed E-state index contributed by atoms with van der Waals surface area (Å²) in [7, 11) is -3.11. The molecule has 0 spiro atoms. The summed E-state index contributed by atoms with van der Waals surface area (Å²) in [5, 5.41) is 3.01. The van der Waals surface area contributed by atoms with E-state index in [0.29, 0.717) is 44.8 Å². The molecule has 1 N–H and O–H groups in total. The van der Waals surface area contributed by atoms with Gasteiger partial charge in [0.05, 0.1) is 5.75 Å². The van der Waals surface area contributed by atoms with Crippen LogP contribution in [0.15, 0.2) is 48.5 Å². The van der Waals surface area contributed by atoms with Crippen LogP contribution in [0.25, 0.3) is 0 Å². The van der Waals surface area contributed by atoms with Crippen molar-refractivity contribution < 1.29 is 13.2 Å². The minimum Gasteiger partial charge on any atom is -0.351 e. The van der Waals surface area contributed by atoms with Gasteiger partial charge in [-0.1, -0.05) is 36.4 Å². The molecule has 1 saturated heterocycles. The molecule has 0 aliphatic carbocycles. The van der Waals surface area contributed by atoms with Gasteiger partial charge >= 0.3 is 0 Å². The molecule has 0 radical (unpaired) electrons. The minimum atomic E-state index is -3.11. The van der Waals surface area contributed by atoms with Crippen LogP contribution in [0.4, 0.5) is 0 Å². The molecule has 2 aromatic carbocycles. The Morgan fingerprint density at radius 3 is 2.53 bits per heavy atom. The zero-order valence-electron chi connectivity index (χ0n) is 18.9. The Morgan fingerprint density at radius 2 is 1.81 bits per heavy atom. The maximum Gasteiger partial charge on any atom is 0.251 e. The molecule has 0 aromatic heterocycles. The molecule has 174 valence electrons. The molecule has 1 fully saturated rings. The summed E-state index contributed by atoms with van der Waals surface area (Å²) >= 11 is 1.82. The van der Waals surface area contributed by atoms with E-state index in [-0.39, 0.29) is 11.7 Å². The van der Waals surface area contributed by atoms with Gasteiger partial charge in [-0.05, 0) is 42.7 Å². The van der Waals surface area contributed by atoms with Crippen molar-refractivity contribution in [2.45, 2.75) is 26.1 Å². The van der Waals surface area contributed by atoms with Crippen LogP contribution in [-0.2, 0) is 22.3 Å². The Hall–Kier alpha value is -1.87. The lowest BCUT2D eigenvalue weighted by molar-refractivity contribution is 0.0956. The first-order valence-electron chi connectivity index (χ1n) is 11.1. The highest BCUT2D eigenvalue weighted by molar-refractivity contribution is 7.98. The van der Waals surface area contributed by atoms with Crippen LogP contribution in [0.1, 0.15) is 34.0 Å². The number of carbonyl (C=O) groups excluding carboxylic acids is 1. The number of benzene rings is 2. The van der Waals surface area contributed by atoms with E-state index in [4.69, 9.17) is 0 Å². The van der Waals surface area contributed by atoms with E-state index in [1.807, 2.05) is 36.0 Å². The van der Waals surface area contributed by atoms with Crippen LogP contribution in [0.2, 0.25) is 0 Å². The number of hydrogen-bond acceptors (Lipinski definition) is 5. The third-order valence-corrected chi connectivity index (χ3v) is 8.63. The number of rotatable bonds is 10. The summed E-state index contributed by atoms with van der Waals surface area (Å²) in [5.74, 6) is 1.91. The van der Waals surface area contributed by atoms with Gasteiger partial charge in [0.1, 0.15) is 0 Å². The molecule has 2 aromatic rings.